The number of nitrogens with zero attached hydrogens (tertiary/aromatic N) is 2. The van der Waals surface area contributed by atoms with Crippen molar-refractivity contribution >= 4 is 0 Å². The van der Waals surface area contributed by atoms with E-state index in [2.05, 4.69) is 4.98 Å². The van der Waals surface area contributed by atoms with Crippen molar-refractivity contribution in [3.63, 3.8) is 0 Å². The molecule has 1 aromatic rings. The van der Waals surface area contributed by atoms with Crippen molar-refractivity contribution in [2.24, 2.45) is 12.8 Å². The van der Waals surface area contributed by atoms with E-state index >= 15 is 0 Å². The standard InChI is InChI=1S/C8H13F2N3/c1-8(11,7(9)10)5-6-12-3-4-13(6)2/h3-4,7H,5,11H2,1-2H3. The number of hydrogen-bond acceptors (Lipinski definition) is 2. The zero-order valence-corrected chi connectivity index (χ0v) is 7.67. The van der Waals surface area contributed by atoms with Crippen molar-refractivity contribution in [3.05, 3.63) is 18.2 Å². The van der Waals surface area contributed by atoms with Gasteiger partial charge < -0.3 is 10.3 Å². The monoisotopic (exact) mass is 189 g/mol. The first-order valence-electron chi connectivity index (χ1n) is 3.97. The van der Waals surface area contributed by atoms with Gasteiger partial charge in [0.15, 0.2) is 0 Å². The summed E-state index contributed by atoms with van der Waals surface area (Å²) < 4.78 is 26.4. The summed E-state index contributed by atoms with van der Waals surface area (Å²) in [6.07, 6.45) is 0.811. The minimum atomic E-state index is -2.54. The van der Waals surface area contributed by atoms with Crippen LogP contribution in [0.3, 0.4) is 0 Å². The minimum Gasteiger partial charge on any atom is -0.338 e. The Hall–Kier alpha value is -0.970. The lowest BCUT2D eigenvalue weighted by Crippen LogP contribution is -2.46. The molecular weight excluding hydrogens is 176 g/mol. The zero-order chi connectivity index (χ0) is 10.1. The van der Waals surface area contributed by atoms with Gasteiger partial charge in [-0.25, -0.2) is 13.8 Å². The van der Waals surface area contributed by atoms with E-state index < -0.39 is 12.0 Å². The summed E-state index contributed by atoms with van der Waals surface area (Å²) in [4.78, 5) is 3.93. The minimum absolute atomic E-state index is 0.0775. The van der Waals surface area contributed by atoms with Gasteiger partial charge in [-0.05, 0) is 6.92 Å². The Kier molecular flexibility index (Phi) is 2.66. The van der Waals surface area contributed by atoms with Crippen LogP contribution in [-0.2, 0) is 13.5 Å². The second-order valence-electron chi connectivity index (χ2n) is 3.44. The molecule has 0 saturated heterocycles. The van der Waals surface area contributed by atoms with E-state index in [0.717, 1.165) is 0 Å². The highest BCUT2D eigenvalue weighted by Crippen LogP contribution is 2.16. The molecule has 0 spiro atoms. The second-order valence-corrected chi connectivity index (χ2v) is 3.44. The number of alkyl halides is 2. The highest BCUT2D eigenvalue weighted by atomic mass is 19.3. The summed E-state index contributed by atoms with van der Waals surface area (Å²) in [6.45, 7) is 1.33. The van der Waals surface area contributed by atoms with Crippen LogP contribution in [-0.4, -0.2) is 21.5 Å². The molecule has 0 aliphatic carbocycles. The molecular formula is C8H13F2N3. The lowest BCUT2D eigenvalue weighted by Gasteiger charge is -2.22. The quantitative estimate of drug-likeness (QED) is 0.769. The summed E-state index contributed by atoms with van der Waals surface area (Å²) in [7, 11) is 1.75. The molecule has 0 fully saturated rings. The number of rotatable bonds is 3. The van der Waals surface area contributed by atoms with Crippen molar-refractivity contribution in [2.75, 3.05) is 0 Å². The van der Waals surface area contributed by atoms with Crippen LogP contribution in [0.25, 0.3) is 0 Å². The number of hydrogen-bond donors (Lipinski definition) is 1. The third-order valence-electron chi connectivity index (χ3n) is 1.96. The van der Waals surface area contributed by atoms with Gasteiger partial charge >= 0.3 is 0 Å². The molecule has 0 bridgehead atoms. The van der Waals surface area contributed by atoms with E-state index in [-0.39, 0.29) is 6.42 Å². The Labute approximate surface area is 75.6 Å². The fraction of sp³-hybridized carbons (Fsp3) is 0.625. The van der Waals surface area contributed by atoms with Crippen molar-refractivity contribution in [3.8, 4) is 0 Å². The normalized spacial score (nSPS) is 16.2. The molecule has 1 rings (SSSR count). The molecule has 0 amide bonds. The lowest BCUT2D eigenvalue weighted by molar-refractivity contribution is 0.0625. The fourth-order valence-corrected chi connectivity index (χ4v) is 0.985. The molecule has 74 valence electrons. The van der Waals surface area contributed by atoms with Gasteiger partial charge in [-0.15, -0.1) is 0 Å². The van der Waals surface area contributed by atoms with E-state index in [1.807, 2.05) is 0 Å². The van der Waals surface area contributed by atoms with Crippen LogP contribution in [0, 0.1) is 0 Å². The molecule has 0 aliphatic heterocycles. The molecule has 1 unspecified atom stereocenters. The molecule has 1 atom stereocenters. The summed E-state index contributed by atoms with van der Waals surface area (Å²) in [5.74, 6) is 0.574. The van der Waals surface area contributed by atoms with E-state index in [1.54, 1.807) is 24.0 Å². The maximum Gasteiger partial charge on any atom is 0.256 e. The third kappa shape index (κ3) is 2.24. The Bertz CT molecular complexity index is 281. The Morgan fingerprint density at radius 2 is 2.31 bits per heavy atom. The van der Waals surface area contributed by atoms with Crippen LogP contribution < -0.4 is 5.73 Å². The van der Waals surface area contributed by atoms with E-state index in [1.165, 1.54) is 6.92 Å². The summed E-state index contributed by atoms with van der Waals surface area (Å²) in [6, 6.07) is 0. The van der Waals surface area contributed by atoms with Crippen LogP contribution in [0.4, 0.5) is 8.78 Å². The van der Waals surface area contributed by atoms with Gasteiger partial charge in [-0.2, -0.15) is 0 Å². The third-order valence-corrected chi connectivity index (χ3v) is 1.96. The Morgan fingerprint density at radius 1 is 1.69 bits per heavy atom. The molecule has 0 saturated carbocycles. The molecule has 1 aromatic heterocycles. The topological polar surface area (TPSA) is 43.8 Å². The van der Waals surface area contributed by atoms with Crippen molar-refractivity contribution < 1.29 is 8.78 Å². The molecule has 13 heavy (non-hydrogen) atoms. The smallest absolute Gasteiger partial charge is 0.256 e. The SMILES string of the molecule is Cn1ccnc1CC(C)(N)C(F)F. The van der Waals surface area contributed by atoms with Gasteiger partial charge in [-0.3, -0.25) is 0 Å². The van der Waals surface area contributed by atoms with Gasteiger partial charge in [0.25, 0.3) is 6.43 Å². The molecule has 2 N–H and O–H groups in total. The van der Waals surface area contributed by atoms with Gasteiger partial charge in [0.2, 0.25) is 0 Å². The van der Waals surface area contributed by atoms with E-state index in [9.17, 15) is 8.78 Å². The molecule has 0 radical (unpaired) electrons. The molecule has 1 heterocycles. The Morgan fingerprint density at radius 3 is 2.69 bits per heavy atom. The molecule has 0 aliphatic rings. The lowest BCUT2D eigenvalue weighted by atomic mass is 10.00. The average Bonchev–Trinajstić information content (AvgIpc) is 2.35. The summed E-state index contributed by atoms with van der Waals surface area (Å²) >= 11 is 0. The highest BCUT2D eigenvalue weighted by Gasteiger charge is 2.31. The van der Waals surface area contributed by atoms with E-state index in [0.29, 0.717) is 5.82 Å². The number of aromatic nitrogens is 2. The predicted octanol–water partition coefficient (Wildman–Crippen LogP) is 0.945. The van der Waals surface area contributed by atoms with Gasteiger partial charge in [0, 0.05) is 25.9 Å². The fourth-order valence-electron chi connectivity index (χ4n) is 0.985. The number of aryl methyl sites for hydroxylation is 1. The first kappa shape index (κ1) is 10.1. The van der Waals surface area contributed by atoms with Crippen LogP contribution >= 0.6 is 0 Å². The van der Waals surface area contributed by atoms with Crippen LogP contribution in [0.1, 0.15) is 12.7 Å². The maximum atomic E-state index is 12.4. The van der Waals surface area contributed by atoms with Gasteiger partial charge in [0.05, 0.1) is 5.54 Å². The van der Waals surface area contributed by atoms with Crippen LogP contribution in [0.5, 0.6) is 0 Å². The maximum absolute atomic E-state index is 12.4. The van der Waals surface area contributed by atoms with Crippen LogP contribution in [0.15, 0.2) is 12.4 Å². The summed E-state index contributed by atoms with van der Waals surface area (Å²) in [5, 5.41) is 0. The average molecular weight is 189 g/mol. The van der Waals surface area contributed by atoms with Gasteiger partial charge in [0.1, 0.15) is 5.82 Å². The number of imidazole rings is 1. The zero-order valence-electron chi connectivity index (χ0n) is 7.67. The molecule has 0 aromatic carbocycles. The van der Waals surface area contributed by atoms with Crippen molar-refractivity contribution in [1.29, 1.82) is 0 Å². The first-order valence-corrected chi connectivity index (χ1v) is 3.97. The molecule has 5 heteroatoms. The molecule has 3 nitrogen and oxygen atoms in total. The number of nitrogens with two attached hydrogens (primary N) is 1. The Balaban J connectivity index is 2.74. The largest absolute Gasteiger partial charge is 0.338 e. The van der Waals surface area contributed by atoms with E-state index in [4.69, 9.17) is 5.73 Å². The first-order chi connectivity index (χ1) is 5.93. The van der Waals surface area contributed by atoms with Crippen molar-refractivity contribution in [2.45, 2.75) is 25.3 Å². The van der Waals surface area contributed by atoms with Crippen LogP contribution in [0.2, 0.25) is 0 Å². The number of halogens is 2. The second kappa shape index (κ2) is 3.41. The summed E-state index contributed by atoms with van der Waals surface area (Å²) in [5.41, 5.74) is 3.92. The van der Waals surface area contributed by atoms with Gasteiger partial charge in [-0.1, -0.05) is 0 Å². The highest BCUT2D eigenvalue weighted by molar-refractivity contribution is 4.99. The predicted molar refractivity (Wildman–Crippen MR) is 45.5 cm³/mol. The van der Waals surface area contributed by atoms with Crippen molar-refractivity contribution in [1.82, 2.24) is 9.55 Å².